The third-order valence-electron chi connectivity index (χ3n) is 4.27. The number of pyridine rings is 1. The summed E-state index contributed by atoms with van der Waals surface area (Å²) in [5.74, 6) is -1.69. The molecule has 164 valence electrons. The van der Waals surface area contributed by atoms with Gasteiger partial charge in [0.2, 0.25) is 0 Å². The van der Waals surface area contributed by atoms with Crippen molar-refractivity contribution in [2.75, 3.05) is 0 Å². The van der Waals surface area contributed by atoms with E-state index < -0.39 is 61.6 Å². The number of alkyl halides is 6. The summed E-state index contributed by atoms with van der Waals surface area (Å²) in [7, 11) is -4.39. The predicted octanol–water partition coefficient (Wildman–Crippen LogP) is 4.73. The third kappa shape index (κ3) is 5.38. The highest BCUT2D eigenvalue weighted by atomic mass is 32.2. The van der Waals surface area contributed by atoms with Crippen LogP contribution in [0.1, 0.15) is 30.7 Å². The lowest BCUT2D eigenvalue weighted by atomic mass is 10.0. The lowest BCUT2D eigenvalue weighted by Gasteiger charge is -2.20. The predicted molar refractivity (Wildman–Crippen MR) is 95.2 cm³/mol. The molecule has 1 atom stereocenters. The fourth-order valence-corrected chi connectivity index (χ4v) is 4.87. The summed E-state index contributed by atoms with van der Waals surface area (Å²) in [4.78, 5) is 15.9. The number of aromatic nitrogens is 1. The second-order valence-electron chi connectivity index (χ2n) is 6.91. The minimum atomic E-state index is -4.66. The highest BCUT2D eigenvalue weighted by molar-refractivity contribution is 7.92. The van der Waals surface area contributed by atoms with Crippen molar-refractivity contribution >= 4 is 15.6 Å². The third-order valence-corrected chi connectivity index (χ3v) is 6.67. The van der Waals surface area contributed by atoms with Crippen molar-refractivity contribution in [3.05, 3.63) is 59.4 Å². The number of hydrogen-bond acceptors (Lipinski definition) is 4. The number of benzene rings is 1. The zero-order chi connectivity index (χ0) is 22.9. The molecule has 4 nitrogen and oxygen atoms in total. The van der Waals surface area contributed by atoms with Crippen LogP contribution < -0.4 is 0 Å². The minimum absolute atomic E-state index is 0.261. The molecule has 0 fully saturated rings. The molecule has 0 N–H and O–H groups in total. The first-order valence-electron chi connectivity index (χ1n) is 8.60. The van der Waals surface area contributed by atoms with Gasteiger partial charge in [0.05, 0.1) is 22.4 Å². The first-order valence-corrected chi connectivity index (χ1v) is 10.1. The number of sulfone groups is 1. The van der Waals surface area contributed by atoms with Gasteiger partial charge in [-0.25, -0.2) is 8.42 Å². The van der Waals surface area contributed by atoms with Crippen molar-refractivity contribution in [2.24, 2.45) is 5.92 Å². The van der Waals surface area contributed by atoms with Gasteiger partial charge in [0.25, 0.3) is 0 Å². The van der Waals surface area contributed by atoms with Crippen LogP contribution in [0.5, 0.6) is 0 Å². The van der Waals surface area contributed by atoms with E-state index in [2.05, 4.69) is 4.98 Å². The average Bonchev–Trinajstić information content (AvgIpc) is 2.60. The van der Waals surface area contributed by atoms with Gasteiger partial charge in [-0.1, -0.05) is 13.8 Å². The average molecular weight is 453 g/mol. The molecule has 2 aromatic rings. The summed E-state index contributed by atoms with van der Waals surface area (Å²) in [6.07, 6.45) is -9.14. The van der Waals surface area contributed by atoms with E-state index in [0.29, 0.717) is 24.3 Å². The molecule has 0 spiro atoms. The monoisotopic (exact) mass is 453 g/mol. The standard InChI is InChI=1S/C19H17F6NO3S/c1-11(2)17(16(27)10-14-9-13(7-8-26-14)19(23,24)25)30(28,29)15-5-3-12(4-6-15)18(20,21)22/h3-9,11,17H,10H2,1-2H3. The fourth-order valence-electron chi connectivity index (χ4n) is 2.91. The van der Waals surface area contributed by atoms with Gasteiger partial charge in [-0.15, -0.1) is 0 Å². The molecule has 0 saturated carbocycles. The molecule has 0 saturated heterocycles. The smallest absolute Gasteiger partial charge is 0.298 e. The Morgan fingerprint density at radius 2 is 1.47 bits per heavy atom. The number of carbonyl (C=O) groups excluding carboxylic acids is 1. The Kier molecular flexibility index (Phi) is 6.65. The molecule has 1 unspecified atom stereocenters. The first-order chi connectivity index (χ1) is 13.6. The van der Waals surface area contributed by atoms with E-state index >= 15 is 0 Å². The van der Waals surface area contributed by atoms with Crippen molar-refractivity contribution < 1.29 is 39.6 Å². The van der Waals surface area contributed by atoms with Crippen molar-refractivity contribution in [1.82, 2.24) is 4.98 Å². The van der Waals surface area contributed by atoms with Gasteiger partial charge in [0, 0.05) is 11.9 Å². The number of Topliss-reactive ketones (excluding diaryl/α,β-unsaturated/α-hetero) is 1. The molecule has 30 heavy (non-hydrogen) atoms. The Morgan fingerprint density at radius 1 is 0.933 bits per heavy atom. The van der Waals surface area contributed by atoms with Crippen LogP contribution in [0.15, 0.2) is 47.5 Å². The molecule has 0 aliphatic carbocycles. The fraction of sp³-hybridized carbons (Fsp3) is 0.368. The van der Waals surface area contributed by atoms with E-state index in [9.17, 15) is 39.6 Å². The van der Waals surface area contributed by atoms with E-state index in [1.165, 1.54) is 13.8 Å². The number of ketones is 1. The van der Waals surface area contributed by atoms with Crippen LogP contribution in [0.2, 0.25) is 0 Å². The lowest BCUT2D eigenvalue weighted by molar-refractivity contribution is -0.138. The quantitative estimate of drug-likeness (QED) is 0.594. The molecular weight excluding hydrogens is 436 g/mol. The second-order valence-corrected chi connectivity index (χ2v) is 8.98. The second kappa shape index (κ2) is 8.37. The topological polar surface area (TPSA) is 64.1 Å². The molecular formula is C19H17F6NO3S. The number of nitrogens with zero attached hydrogens (tertiary/aromatic N) is 1. The van der Waals surface area contributed by atoms with Crippen LogP contribution in [0.25, 0.3) is 0 Å². The Labute approximate surface area is 168 Å². The Bertz CT molecular complexity index is 1010. The van der Waals surface area contributed by atoms with Crippen molar-refractivity contribution in [3.8, 4) is 0 Å². The van der Waals surface area contributed by atoms with E-state index in [1.807, 2.05) is 0 Å². The first kappa shape index (κ1) is 23.8. The normalized spacial score (nSPS) is 14.0. The molecule has 0 bridgehead atoms. The highest BCUT2D eigenvalue weighted by Crippen LogP contribution is 2.32. The van der Waals surface area contributed by atoms with Crippen LogP contribution in [0, 0.1) is 5.92 Å². The van der Waals surface area contributed by atoms with Crippen molar-refractivity contribution in [3.63, 3.8) is 0 Å². The summed E-state index contributed by atoms with van der Waals surface area (Å²) < 4.78 is 102. The Hall–Kier alpha value is -2.43. The van der Waals surface area contributed by atoms with Gasteiger partial charge in [-0.2, -0.15) is 26.3 Å². The zero-order valence-electron chi connectivity index (χ0n) is 15.8. The maximum absolute atomic E-state index is 12.9. The molecule has 11 heteroatoms. The van der Waals surface area contributed by atoms with Gasteiger partial charge in [-0.3, -0.25) is 9.78 Å². The minimum Gasteiger partial charge on any atom is -0.298 e. The number of carbonyl (C=O) groups is 1. The van der Waals surface area contributed by atoms with Gasteiger partial charge < -0.3 is 0 Å². The van der Waals surface area contributed by atoms with Gasteiger partial charge in [0.15, 0.2) is 15.6 Å². The largest absolute Gasteiger partial charge is 0.416 e. The SMILES string of the molecule is CC(C)C(C(=O)Cc1cc(C(F)(F)F)ccn1)S(=O)(=O)c1ccc(C(F)(F)F)cc1. The highest BCUT2D eigenvalue weighted by Gasteiger charge is 2.38. The van der Waals surface area contributed by atoms with Crippen LogP contribution in [0.3, 0.4) is 0 Å². The van der Waals surface area contributed by atoms with Crippen molar-refractivity contribution in [2.45, 2.75) is 42.8 Å². The van der Waals surface area contributed by atoms with Gasteiger partial charge >= 0.3 is 12.4 Å². The summed E-state index contributed by atoms with van der Waals surface area (Å²) in [6, 6.07) is 4.05. The summed E-state index contributed by atoms with van der Waals surface area (Å²) >= 11 is 0. The van der Waals surface area contributed by atoms with Crippen LogP contribution >= 0.6 is 0 Å². The lowest BCUT2D eigenvalue weighted by Crippen LogP contribution is -2.36. The Morgan fingerprint density at radius 3 is 1.93 bits per heavy atom. The van der Waals surface area contributed by atoms with Gasteiger partial charge in [-0.05, 0) is 42.3 Å². The van der Waals surface area contributed by atoms with Crippen LogP contribution in [-0.2, 0) is 33.4 Å². The van der Waals surface area contributed by atoms with Crippen molar-refractivity contribution in [1.29, 1.82) is 0 Å². The van der Waals surface area contributed by atoms with Crippen LogP contribution in [0.4, 0.5) is 26.3 Å². The van der Waals surface area contributed by atoms with E-state index in [0.717, 1.165) is 18.3 Å². The molecule has 0 aliphatic heterocycles. The number of hydrogen-bond donors (Lipinski definition) is 0. The van der Waals surface area contributed by atoms with E-state index in [4.69, 9.17) is 0 Å². The van der Waals surface area contributed by atoms with Gasteiger partial charge in [0.1, 0.15) is 5.25 Å². The van der Waals surface area contributed by atoms with E-state index in [1.54, 1.807) is 0 Å². The molecule has 0 amide bonds. The zero-order valence-corrected chi connectivity index (χ0v) is 16.6. The summed E-state index contributed by atoms with van der Waals surface area (Å²) in [6.45, 7) is 2.84. The Balaban J connectivity index is 2.35. The molecule has 2 rings (SSSR count). The molecule has 1 aromatic heterocycles. The molecule has 0 aliphatic rings. The maximum Gasteiger partial charge on any atom is 0.416 e. The van der Waals surface area contributed by atoms with E-state index in [-0.39, 0.29) is 5.69 Å². The summed E-state index contributed by atoms with van der Waals surface area (Å²) in [5, 5.41) is -1.66. The molecule has 1 aromatic carbocycles. The molecule has 1 heterocycles. The maximum atomic E-state index is 12.9. The number of rotatable bonds is 6. The summed E-state index contributed by atoms with van der Waals surface area (Å²) in [5.41, 5.74) is -2.35. The van der Waals surface area contributed by atoms with Crippen LogP contribution in [-0.4, -0.2) is 24.4 Å². The number of halogens is 6. The molecule has 0 radical (unpaired) electrons.